The minimum Gasteiger partial charge on any atom is -0.340 e. The van der Waals surface area contributed by atoms with Crippen molar-refractivity contribution in [2.45, 2.75) is 42.5 Å². The minimum atomic E-state index is -3.84. The zero-order valence-corrected chi connectivity index (χ0v) is 18.4. The molecule has 2 saturated heterocycles. The first kappa shape index (κ1) is 22.2. The number of nitrogens with zero attached hydrogens (tertiary/aromatic N) is 4. The number of carbonyl (C=O) groups excluding carboxylic acids is 3. The molecule has 1 aromatic rings. The van der Waals surface area contributed by atoms with Crippen molar-refractivity contribution >= 4 is 27.9 Å². The van der Waals surface area contributed by atoms with Crippen molar-refractivity contribution in [3.05, 3.63) is 29.8 Å². The molecule has 1 aliphatic carbocycles. The van der Waals surface area contributed by atoms with E-state index < -0.39 is 21.6 Å². The van der Waals surface area contributed by atoms with Crippen LogP contribution in [0.2, 0.25) is 0 Å². The van der Waals surface area contributed by atoms with E-state index >= 15 is 0 Å². The van der Waals surface area contributed by atoms with Gasteiger partial charge in [0, 0.05) is 39.1 Å². The first-order valence-electron chi connectivity index (χ1n) is 10.7. The molecule has 4 amide bonds. The van der Waals surface area contributed by atoms with Crippen LogP contribution < -0.4 is 5.32 Å². The van der Waals surface area contributed by atoms with Gasteiger partial charge in [0.05, 0.1) is 10.5 Å². The van der Waals surface area contributed by atoms with Crippen LogP contribution in [0.4, 0.5) is 4.79 Å². The number of sulfonamides is 1. The summed E-state index contributed by atoms with van der Waals surface area (Å²) in [5.41, 5.74) is -0.709. The molecule has 0 aromatic heterocycles. The third-order valence-electron chi connectivity index (χ3n) is 6.47. The van der Waals surface area contributed by atoms with Gasteiger partial charge in [0.25, 0.3) is 5.91 Å². The summed E-state index contributed by atoms with van der Waals surface area (Å²) >= 11 is 0. The molecule has 0 atom stereocenters. The van der Waals surface area contributed by atoms with Crippen molar-refractivity contribution in [3.8, 4) is 6.07 Å². The third kappa shape index (κ3) is 3.84. The first-order chi connectivity index (χ1) is 15.3. The smallest absolute Gasteiger partial charge is 0.325 e. The van der Waals surface area contributed by atoms with Gasteiger partial charge in [0.2, 0.25) is 15.9 Å². The van der Waals surface area contributed by atoms with E-state index in [0.29, 0.717) is 12.8 Å². The average Bonchev–Trinajstić information content (AvgIpc) is 3.36. The predicted molar refractivity (Wildman–Crippen MR) is 113 cm³/mol. The predicted octanol–water partition coefficient (Wildman–Crippen LogP) is 0.646. The number of benzene rings is 1. The van der Waals surface area contributed by atoms with Gasteiger partial charge in [0.15, 0.2) is 0 Å². The van der Waals surface area contributed by atoms with Crippen LogP contribution in [0.15, 0.2) is 29.2 Å². The number of hydrogen-bond donors (Lipinski definition) is 1. The minimum absolute atomic E-state index is 0.000738. The van der Waals surface area contributed by atoms with Crippen LogP contribution >= 0.6 is 0 Å². The van der Waals surface area contributed by atoms with Crippen molar-refractivity contribution in [1.29, 1.82) is 5.26 Å². The Balaban J connectivity index is 1.33. The van der Waals surface area contributed by atoms with Gasteiger partial charge in [-0.3, -0.25) is 14.5 Å². The molecular formula is C21H25N5O5S. The van der Waals surface area contributed by atoms with Crippen LogP contribution in [0.25, 0.3) is 0 Å². The number of nitriles is 1. The molecule has 3 fully saturated rings. The summed E-state index contributed by atoms with van der Waals surface area (Å²) in [6, 6.07) is 7.49. The van der Waals surface area contributed by atoms with Crippen LogP contribution in [-0.4, -0.2) is 78.6 Å². The standard InChI is InChI=1S/C21H25N5O5S/c22-15-16-5-1-2-6-17(16)32(30,31)25-13-11-24(12-14-25)18(27)7-10-26-19(28)21(23-20(26)29)8-3-4-9-21/h1-2,5-6H,3-4,7-14H2,(H,23,29). The quantitative estimate of drug-likeness (QED) is 0.643. The molecule has 1 N–H and O–H groups in total. The summed E-state index contributed by atoms with van der Waals surface area (Å²) in [6.07, 6.45) is 3.05. The first-order valence-corrected chi connectivity index (χ1v) is 12.1. The molecule has 4 rings (SSSR count). The van der Waals surface area contributed by atoms with Crippen molar-refractivity contribution in [2.24, 2.45) is 0 Å². The van der Waals surface area contributed by atoms with Gasteiger partial charge in [-0.2, -0.15) is 9.57 Å². The Hall–Kier alpha value is -2.97. The summed E-state index contributed by atoms with van der Waals surface area (Å²) in [5.74, 6) is -0.479. The van der Waals surface area contributed by atoms with Gasteiger partial charge in [-0.1, -0.05) is 25.0 Å². The largest absolute Gasteiger partial charge is 0.340 e. The highest BCUT2D eigenvalue weighted by Gasteiger charge is 2.52. The second-order valence-electron chi connectivity index (χ2n) is 8.32. The van der Waals surface area contributed by atoms with Crippen LogP contribution in [0.5, 0.6) is 0 Å². The fourth-order valence-electron chi connectivity index (χ4n) is 4.66. The lowest BCUT2D eigenvalue weighted by Crippen LogP contribution is -2.51. The van der Waals surface area contributed by atoms with Crippen LogP contribution in [0, 0.1) is 11.3 Å². The summed E-state index contributed by atoms with van der Waals surface area (Å²) in [7, 11) is -3.84. The second-order valence-corrected chi connectivity index (χ2v) is 10.2. The summed E-state index contributed by atoms with van der Waals surface area (Å²) in [6.45, 7) is 0.646. The van der Waals surface area contributed by atoms with E-state index in [4.69, 9.17) is 0 Å². The number of imide groups is 1. The maximum Gasteiger partial charge on any atom is 0.325 e. The molecule has 0 bridgehead atoms. The van der Waals surface area contributed by atoms with Gasteiger partial charge < -0.3 is 10.2 Å². The summed E-state index contributed by atoms with van der Waals surface area (Å²) in [4.78, 5) is 40.2. The highest BCUT2D eigenvalue weighted by molar-refractivity contribution is 7.89. The Bertz CT molecular complexity index is 1080. The monoisotopic (exact) mass is 459 g/mol. The average molecular weight is 460 g/mol. The van der Waals surface area contributed by atoms with Gasteiger partial charge in [-0.05, 0) is 25.0 Å². The lowest BCUT2D eigenvalue weighted by molar-refractivity contribution is -0.134. The maximum atomic E-state index is 12.9. The van der Waals surface area contributed by atoms with E-state index in [-0.39, 0.29) is 61.4 Å². The number of urea groups is 1. The molecule has 170 valence electrons. The van der Waals surface area contributed by atoms with Crippen LogP contribution in [-0.2, 0) is 19.6 Å². The van der Waals surface area contributed by atoms with E-state index in [1.807, 2.05) is 6.07 Å². The summed E-state index contributed by atoms with van der Waals surface area (Å²) in [5, 5.41) is 12.0. The topological polar surface area (TPSA) is 131 Å². The number of piperazine rings is 1. The zero-order chi connectivity index (χ0) is 22.9. The number of hydrogen-bond acceptors (Lipinski definition) is 6. The van der Waals surface area contributed by atoms with E-state index in [1.54, 1.807) is 17.0 Å². The van der Waals surface area contributed by atoms with E-state index in [1.165, 1.54) is 16.4 Å². The Kier molecular flexibility index (Phi) is 5.92. The molecule has 1 spiro atoms. The van der Waals surface area contributed by atoms with Crippen LogP contribution in [0.1, 0.15) is 37.7 Å². The molecule has 0 unspecified atom stereocenters. The SMILES string of the molecule is N#Cc1ccccc1S(=O)(=O)N1CCN(C(=O)CCN2C(=O)NC3(CCCC3)C2=O)CC1. The number of amides is 4. The number of nitrogens with one attached hydrogen (secondary N) is 1. The van der Waals surface area contributed by atoms with Gasteiger partial charge in [-0.15, -0.1) is 0 Å². The molecule has 2 aliphatic heterocycles. The number of carbonyl (C=O) groups is 3. The van der Waals surface area contributed by atoms with E-state index in [9.17, 15) is 28.1 Å². The normalized spacial score (nSPS) is 21.1. The van der Waals surface area contributed by atoms with Crippen LogP contribution in [0.3, 0.4) is 0 Å². The van der Waals surface area contributed by atoms with Gasteiger partial charge in [0.1, 0.15) is 11.6 Å². The molecule has 3 aliphatic rings. The molecule has 0 radical (unpaired) electrons. The fourth-order valence-corrected chi connectivity index (χ4v) is 6.23. The fraction of sp³-hybridized carbons (Fsp3) is 0.524. The Labute approximate surface area is 186 Å². The van der Waals surface area contributed by atoms with Gasteiger partial charge >= 0.3 is 6.03 Å². The van der Waals surface area contributed by atoms with Gasteiger partial charge in [-0.25, -0.2) is 13.2 Å². The molecule has 10 nitrogen and oxygen atoms in total. The molecule has 2 heterocycles. The van der Waals surface area contributed by atoms with E-state index in [0.717, 1.165) is 17.7 Å². The lowest BCUT2D eigenvalue weighted by Gasteiger charge is -2.34. The molecular weight excluding hydrogens is 434 g/mol. The van der Waals surface area contributed by atoms with Crippen molar-refractivity contribution in [3.63, 3.8) is 0 Å². The zero-order valence-electron chi connectivity index (χ0n) is 17.6. The lowest BCUT2D eigenvalue weighted by atomic mass is 9.98. The third-order valence-corrected chi connectivity index (χ3v) is 8.43. The Morgan fingerprint density at radius 1 is 1.09 bits per heavy atom. The Morgan fingerprint density at radius 2 is 1.75 bits per heavy atom. The van der Waals surface area contributed by atoms with Crippen molar-refractivity contribution < 1.29 is 22.8 Å². The Morgan fingerprint density at radius 3 is 2.41 bits per heavy atom. The van der Waals surface area contributed by atoms with Crippen molar-refractivity contribution in [1.82, 2.24) is 19.4 Å². The molecule has 32 heavy (non-hydrogen) atoms. The highest BCUT2D eigenvalue weighted by Crippen LogP contribution is 2.35. The second kappa shape index (κ2) is 8.52. The molecule has 1 aromatic carbocycles. The summed E-state index contributed by atoms with van der Waals surface area (Å²) < 4.78 is 27.1. The highest BCUT2D eigenvalue weighted by atomic mass is 32.2. The maximum absolute atomic E-state index is 12.9. The van der Waals surface area contributed by atoms with E-state index in [2.05, 4.69) is 5.32 Å². The number of rotatable bonds is 5. The molecule has 11 heteroatoms. The molecule has 1 saturated carbocycles. The van der Waals surface area contributed by atoms with Crippen molar-refractivity contribution in [2.75, 3.05) is 32.7 Å².